The highest BCUT2D eigenvalue weighted by molar-refractivity contribution is 7.13. The summed E-state index contributed by atoms with van der Waals surface area (Å²) in [5.74, 6) is -1.02. The van der Waals surface area contributed by atoms with Gasteiger partial charge in [0.2, 0.25) is 0 Å². The summed E-state index contributed by atoms with van der Waals surface area (Å²) in [6, 6.07) is 6.96. The average molecular weight is 338 g/mol. The van der Waals surface area contributed by atoms with Gasteiger partial charge in [-0.2, -0.15) is 0 Å². The first kappa shape index (κ1) is 14.3. The molecule has 21 heavy (non-hydrogen) atoms. The third-order valence-electron chi connectivity index (χ3n) is 3.22. The molecule has 0 fully saturated rings. The van der Waals surface area contributed by atoms with Crippen LogP contribution in [0.15, 0.2) is 29.6 Å². The summed E-state index contributed by atoms with van der Waals surface area (Å²) in [7, 11) is 0. The van der Waals surface area contributed by atoms with Gasteiger partial charge in [0.1, 0.15) is 0 Å². The van der Waals surface area contributed by atoms with Crippen LogP contribution in [0.2, 0.25) is 10.0 Å². The molecule has 106 valence electrons. The maximum atomic E-state index is 11.7. The van der Waals surface area contributed by atoms with Gasteiger partial charge in [-0.05, 0) is 36.1 Å². The zero-order valence-corrected chi connectivity index (χ0v) is 13.2. The fourth-order valence-corrected chi connectivity index (χ4v) is 3.62. The van der Waals surface area contributed by atoms with Gasteiger partial charge in [-0.15, -0.1) is 11.3 Å². The number of halogens is 2. The number of pyridine rings is 1. The summed E-state index contributed by atoms with van der Waals surface area (Å²) in [6.07, 6.45) is 0. The Kier molecular flexibility index (Phi) is 3.61. The highest BCUT2D eigenvalue weighted by Crippen LogP contribution is 2.36. The van der Waals surface area contributed by atoms with Gasteiger partial charge in [-0.25, -0.2) is 9.78 Å². The Morgan fingerprint density at radius 2 is 2.10 bits per heavy atom. The fourth-order valence-electron chi connectivity index (χ4n) is 2.32. The first-order valence-electron chi connectivity index (χ1n) is 6.05. The second kappa shape index (κ2) is 5.30. The molecule has 3 nitrogen and oxygen atoms in total. The lowest BCUT2D eigenvalue weighted by Crippen LogP contribution is -2.04. The Labute approximate surface area is 134 Å². The lowest BCUT2D eigenvalue weighted by atomic mass is 10.0. The van der Waals surface area contributed by atoms with Crippen LogP contribution in [-0.4, -0.2) is 16.1 Å². The monoisotopic (exact) mass is 337 g/mol. The van der Waals surface area contributed by atoms with Crippen molar-refractivity contribution in [3.8, 4) is 10.6 Å². The predicted molar refractivity (Wildman–Crippen MR) is 86.8 cm³/mol. The number of thiophene rings is 1. The predicted octanol–water partition coefficient (Wildman–Crippen LogP) is 5.28. The number of carboxylic acids is 1. The number of benzene rings is 1. The van der Waals surface area contributed by atoms with Gasteiger partial charge in [0.05, 0.1) is 26.7 Å². The summed E-state index contributed by atoms with van der Waals surface area (Å²) in [5, 5.41) is 12.7. The SMILES string of the molecule is Cc1c(-c2cccs2)nc2c(Cl)cc(Cl)cc2c1C(=O)O. The maximum Gasteiger partial charge on any atom is 0.336 e. The molecule has 0 unspecified atom stereocenters. The molecule has 3 aromatic rings. The normalized spacial score (nSPS) is 11.0. The van der Waals surface area contributed by atoms with Crippen LogP contribution in [0.3, 0.4) is 0 Å². The number of rotatable bonds is 2. The van der Waals surface area contributed by atoms with Crippen LogP contribution in [0.5, 0.6) is 0 Å². The quantitative estimate of drug-likeness (QED) is 0.692. The number of carboxylic acid groups (broad SMARTS) is 1. The smallest absolute Gasteiger partial charge is 0.336 e. The molecular weight excluding hydrogens is 329 g/mol. The molecule has 0 saturated carbocycles. The first-order valence-corrected chi connectivity index (χ1v) is 7.69. The van der Waals surface area contributed by atoms with E-state index < -0.39 is 5.97 Å². The van der Waals surface area contributed by atoms with Gasteiger partial charge in [-0.3, -0.25) is 0 Å². The summed E-state index contributed by atoms with van der Waals surface area (Å²) in [6.45, 7) is 1.75. The minimum Gasteiger partial charge on any atom is -0.478 e. The minimum atomic E-state index is -1.02. The van der Waals surface area contributed by atoms with E-state index >= 15 is 0 Å². The van der Waals surface area contributed by atoms with Crippen molar-refractivity contribution in [2.75, 3.05) is 0 Å². The van der Waals surface area contributed by atoms with E-state index in [0.29, 0.717) is 32.2 Å². The minimum absolute atomic E-state index is 0.188. The Morgan fingerprint density at radius 3 is 2.71 bits per heavy atom. The number of aromatic nitrogens is 1. The molecule has 0 aliphatic rings. The van der Waals surface area contributed by atoms with Crippen LogP contribution in [0.4, 0.5) is 0 Å². The second-order valence-corrected chi connectivity index (χ2v) is 6.32. The summed E-state index contributed by atoms with van der Waals surface area (Å²) < 4.78 is 0. The topological polar surface area (TPSA) is 50.2 Å². The van der Waals surface area contributed by atoms with Gasteiger partial charge < -0.3 is 5.11 Å². The van der Waals surface area contributed by atoms with E-state index in [2.05, 4.69) is 4.98 Å². The van der Waals surface area contributed by atoms with E-state index in [1.54, 1.807) is 19.1 Å². The number of aromatic carboxylic acids is 1. The molecule has 3 rings (SSSR count). The third kappa shape index (κ3) is 2.39. The molecule has 0 atom stereocenters. The lowest BCUT2D eigenvalue weighted by molar-refractivity contribution is 0.0698. The van der Waals surface area contributed by atoms with Crippen LogP contribution in [0.25, 0.3) is 21.5 Å². The highest BCUT2D eigenvalue weighted by atomic mass is 35.5. The summed E-state index contributed by atoms with van der Waals surface area (Å²) >= 11 is 13.7. The largest absolute Gasteiger partial charge is 0.478 e. The standard InChI is InChI=1S/C15H9Cl2NO2S/c1-7-12(15(19)20)9-5-8(16)6-10(17)14(9)18-13(7)11-3-2-4-21-11/h2-6H,1H3,(H,19,20). The molecule has 2 heterocycles. The number of fused-ring (bicyclic) bond motifs is 1. The van der Waals surface area contributed by atoms with Crippen molar-refractivity contribution >= 4 is 51.4 Å². The number of nitrogens with zero attached hydrogens (tertiary/aromatic N) is 1. The highest BCUT2D eigenvalue weighted by Gasteiger charge is 2.20. The van der Waals surface area contributed by atoms with Crippen molar-refractivity contribution in [1.82, 2.24) is 4.98 Å². The van der Waals surface area contributed by atoms with E-state index in [1.807, 2.05) is 17.5 Å². The van der Waals surface area contributed by atoms with Gasteiger partial charge >= 0.3 is 5.97 Å². The van der Waals surface area contributed by atoms with E-state index in [0.717, 1.165) is 4.88 Å². The van der Waals surface area contributed by atoms with Crippen molar-refractivity contribution in [1.29, 1.82) is 0 Å². The molecule has 1 aromatic carbocycles. The van der Waals surface area contributed by atoms with Crippen molar-refractivity contribution in [3.05, 3.63) is 50.8 Å². The van der Waals surface area contributed by atoms with Crippen molar-refractivity contribution < 1.29 is 9.90 Å². The molecule has 6 heteroatoms. The van der Waals surface area contributed by atoms with Crippen LogP contribution in [0.1, 0.15) is 15.9 Å². The maximum absolute atomic E-state index is 11.7. The Hall–Kier alpha value is -1.62. The van der Waals surface area contributed by atoms with E-state index in [-0.39, 0.29) is 5.56 Å². The van der Waals surface area contributed by atoms with E-state index in [1.165, 1.54) is 11.3 Å². The zero-order chi connectivity index (χ0) is 15.1. The summed E-state index contributed by atoms with van der Waals surface area (Å²) in [5.41, 5.74) is 1.88. The molecule has 1 N–H and O–H groups in total. The van der Waals surface area contributed by atoms with Crippen LogP contribution in [-0.2, 0) is 0 Å². The molecule has 0 spiro atoms. The van der Waals surface area contributed by atoms with Gasteiger partial charge in [0, 0.05) is 10.4 Å². The molecule has 0 saturated heterocycles. The molecular formula is C15H9Cl2NO2S. The number of hydrogen-bond donors (Lipinski definition) is 1. The van der Waals surface area contributed by atoms with Crippen molar-refractivity contribution in [2.45, 2.75) is 6.92 Å². The molecule has 0 amide bonds. The van der Waals surface area contributed by atoms with Gasteiger partial charge in [0.25, 0.3) is 0 Å². The summed E-state index contributed by atoms with van der Waals surface area (Å²) in [4.78, 5) is 17.1. The molecule has 0 bridgehead atoms. The Morgan fingerprint density at radius 1 is 1.33 bits per heavy atom. The van der Waals surface area contributed by atoms with E-state index in [9.17, 15) is 9.90 Å². The van der Waals surface area contributed by atoms with Gasteiger partial charge in [0.15, 0.2) is 0 Å². The molecule has 0 aliphatic carbocycles. The van der Waals surface area contributed by atoms with Crippen molar-refractivity contribution in [3.63, 3.8) is 0 Å². The molecule has 2 aromatic heterocycles. The zero-order valence-electron chi connectivity index (χ0n) is 10.9. The second-order valence-electron chi connectivity index (χ2n) is 4.53. The van der Waals surface area contributed by atoms with E-state index in [4.69, 9.17) is 23.2 Å². The van der Waals surface area contributed by atoms with Crippen LogP contribution >= 0.6 is 34.5 Å². The Bertz CT molecular complexity index is 860. The van der Waals surface area contributed by atoms with Crippen LogP contribution < -0.4 is 0 Å². The Balaban J connectivity index is 2.48. The number of carbonyl (C=O) groups is 1. The first-order chi connectivity index (χ1) is 9.99. The fraction of sp³-hybridized carbons (Fsp3) is 0.0667. The lowest BCUT2D eigenvalue weighted by Gasteiger charge is -2.12. The molecule has 0 radical (unpaired) electrons. The van der Waals surface area contributed by atoms with Crippen LogP contribution in [0, 0.1) is 6.92 Å². The number of hydrogen-bond acceptors (Lipinski definition) is 3. The van der Waals surface area contributed by atoms with Crippen molar-refractivity contribution in [2.24, 2.45) is 0 Å². The van der Waals surface area contributed by atoms with Gasteiger partial charge in [-0.1, -0.05) is 29.3 Å². The molecule has 0 aliphatic heterocycles. The third-order valence-corrected chi connectivity index (χ3v) is 4.60. The average Bonchev–Trinajstić information content (AvgIpc) is 2.91.